The molecule has 4 nitrogen and oxygen atoms in total. The maximum absolute atomic E-state index is 10.4. The summed E-state index contributed by atoms with van der Waals surface area (Å²) >= 11 is 5.86. The van der Waals surface area contributed by atoms with Crippen LogP contribution in [0, 0.1) is 0 Å². The van der Waals surface area contributed by atoms with E-state index in [-0.39, 0.29) is 6.61 Å². The Morgan fingerprint density at radius 2 is 1.96 bits per heavy atom. The fourth-order valence-corrected chi connectivity index (χ4v) is 2.70. The first-order chi connectivity index (χ1) is 11.5. The third-order valence-corrected chi connectivity index (χ3v) is 4.58. The van der Waals surface area contributed by atoms with Crippen LogP contribution in [-0.2, 0) is 13.6 Å². The molecule has 2 atom stereocenters. The van der Waals surface area contributed by atoms with E-state index >= 15 is 0 Å². The number of aliphatic hydroxyl groups is 1. The summed E-state index contributed by atoms with van der Waals surface area (Å²) in [6.45, 7) is 6.01. The zero-order valence-corrected chi connectivity index (χ0v) is 15.4. The minimum Gasteiger partial charge on any atom is -0.491 e. The van der Waals surface area contributed by atoms with Gasteiger partial charge in [0.05, 0.1) is 0 Å². The number of nitrogens with zero attached hydrogens (tertiary/aromatic N) is 2. The monoisotopic (exact) mass is 350 g/mol. The number of aliphatic hydroxyl groups excluding tert-OH is 1. The Bertz CT molecular complexity index is 612. The second kappa shape index (κ2) is 9.11. The zero-order chi connectivity index (χ0) is 17.5. The van der Waals surface area contributed by atoms with E-state index in [4.69, 9.17) is 16.3 Å². The number of hydrogen-bond acceptors (Lipinski definition) is 3. The van der Waals surface area contributed by atoms with Crippen LogP contribution >= 0.6 is 11.6 Å². The van der Waals surface area contributed by atoms with Gasteiger partial charge in [-0.15, -0.1) is 0 Å². The van der Waals surface area contributed by atoms with E-state index in [1.165, 1.54) is 5.69 Å². The van der Waals surface area contributed by atoms with Gasteiger partial charge in [-0.3, -0.25) is 4.90 Å². The molecule has 0 aliphatic carbocycles. The molecule has 0 fully saturated rings. The van der Waals surface area contributed by atoms with Crippen LogP contribution in [0.3, 0.4) is 0 Å². The van der Waals surface area contributed by atoms with E-state index in [0.29, 0.717) is 17.6 Å². The topological polar surface area (TPSA) is 37.6 Å². The van der Waals surface area contributed by atoms with Crippen LogP contribution in [0.2, 0.25) is 5.02 Å². The van der Waals surface area contributed by atoms with Crippen molar-refractivity contribution in [2.24, 2.45) is 7.05 Å². The van der Waals surface area contributed by atoms with Gasteiger partial charge in [0.15, 0.2) is 0 Å². The predicted molar refractivity (Wildman–Crippen MR) is 98.5 cm³/mol. The first-order valence-electron chi connectivity index (χ1n) is 8.40. The average Bonchev–Trinajstić information content (AvgIpc) is 2.98. The van der Waals surface area contributed by atoms with Crippen LogP contribution in [0.25, 0.3) is 0 Å². The molecule has 2 rings (SSSR count). The van der Waals surface area contributed by atoms with Crippen molar-refractivity contribution in [1.82, 2.24) is 9.47 Å². The quantitative estimate of drug-likeness (QED) is 0.749. The van der Waals surface area contributed by atoms with Gasteiger partial charge in [0.1, 0.15) is 18.5 Å². The van der Waals surface area contributed by atoms with Crippen molar-refractivity contribution >= 4 is 11.6 Å². The molecule has 2 aromatic rings. The lowest BCUT2D eigenvalue weighted by Crippen LogP contribution is -2.40. The van der Waals surface area contributed by atoms with E-state index in [2.05, 4.69) is 29.4 Å². The molecule has 0 amide bonds. The summed E-state index contributed by atoms with van der Waals surface area (Å²) in [6.07, 6.45) is 2.54. The maximum atomic E-state index is 10.4. The third-order valence-electron chi connectivity index (χ3n) is 4.33. The molecule has 0 unspecified atom stereocenters. The van der Waals surface area contributed by atoms with Gasteiger partial charge >= 0.3 is 0 Å². The molecule has 0 radical (unpaired) electrons. The van der Waals surface area contributed by atoms with Crippen LogP contribution in [0.1, 0.15) is 26.0 Å². The number of hydrogen-bond donors (Lipinski definition) is 1. The highest BCUT2D eigenvalue weighted by atomic mass is 35.5. The van der Waals surface area contributed by atoms with Crippen LogP contribution in [0.15, 0.2) is 42.6 Å². The Kier molecular flexibility index (Phi) is 7.16. The molecule has 0 saturated heterocycles. The van der Waals surface area contributed by atoms with Gasteiger partial charge in [-0.2, -0.15) is 0 Å². The lowest BCUT2D eigenvalue weighted by molar-refractivity contribution is 0.0497. The number of benzene rings is 1. The summed E-state index contributed by atoms with van der Waals surface area (Å²) < 4.78 is 7.77. The van der Waals surface area contributed by atoms with Crippen LogP contribution < -0.4 is 4.74 Å². The standard InChI is InChI=1S/C19H27ClN2O2/c1-4-15(2)22(12-17-6-5-11-21(17)3)13-18(23)14-24-19-9-7-16(20)8-10-19/h5-11,15,18,23H,4,12-14H2,1-3H3/t15-,18+/m1/s1. The summed E-state index contributed by atoms with van der Waals surface area (Å²) in [5.41, 5.74) is 1.24. The Morgan fingerprint density at radius 1 is 1.25 bits per heavy atom. The Balaban J connectivity index is 1.90. The normalized spacial score (nSPS) is 13.9. The molecular formula is C19H27ClN2O2. The van der Waals surface area contributed by atoms with Crippen molar-refractivity contribution in [3.8, 4) is 5.75 Å². The maximum Gasteiger partial charge on any atom is 0.119 e. The molecule has 24 heavy (non-hydrogen) atoms. The smallest absolute Gasteiger partial charge is 0.119 e. The van der Waals surface area contributed by atoms with Gasteiger partial charge in [0, 0.05) is 43.1 Å². The summed E-state index contributed by atoms with van der Waals surface area (Å²) in [5, 5.41) is 11.1. The second-order valence-electron chi connectivity index (χ2n) is 6.22. The molecule has 132 valence electrons. The van der Waals surface area contributed by atoms with Crippen molar-refractivity contribution in [2.75, 3.05) is 13.2 Å². The first kappa shape index (κ1) is 18.8. The lowest BCUT2D eigenvalue weighted by Gasteiger charge is -2.30. The molecule has 0 saturated carbocycles. The zero-order valence-electron chi connectivity index (χ0n) is 14.7. The van der Waals surface area contributed by atoms with Crippen molar-refractivity contribution in [1.29, 1.82) is 0 Å². The van der Waals surface area contributed by atoms with Gasteiger partial charge in [-0.25, -0.2) is 0 Å². The Hall–Kier alpha value is -1.49. The highest BCUT2D eigenvalue weighted by Gasteiger charge is 2.18. The molecule has 1 aromatic carbocycles. The molecule has 0 bridgehead atoms. The second-order valence-corrected chi connectivity index (χ2v) is 6.65. The molecule has 1 N–H and O–H groups in total. The number of aryl methyl sites for hydroxylation is 1. The SMILES string of the molecule is CC[C@@H](C)N(Cc1cccn1C)C[C@H](O)COc1ccc(Cl)cc1. The fourth-order valence-electron chi connectivity index (χ4n) is 2.57. The van der Waals surface area contributed by atoms with Gasteiger partial charge in [0.2, 0.25) is 0 Å². The van der Waals surface area contributed by atoms with Crippen molar-refractivity contribution in [2.45, 2.75) is 39.0 Å². The molecular weight excluding hydrogens is 324 g/mol. The van der Waals surface area contributed by atoms with Crippen molar-refractivity contribution in [3.63, 3.8) is 0 Å². The molecule has 0 spiro atoms. The van der Waals surface area contributed by atoms with E-state index in [9.17, 15) is 5.11 Å². The number of halogens is 1. The third kappa shape index (κ3) is 5.55. The predicted octanol–water partition coefficient (Wildman–Crippen LogP) is 3.72. The molecule has 1 heterocycles. The van der Waals surface area contributed by atoms with E-state index in [0.717, 1.165) is 18.7 Å². The minimum absolute atomic E-state index is 0.266. The van der Waals surface area contributed by atoms with Crippen molar-refractivity contribution < 1.29 is 9.84 Å². The largest absolute Gasteiger partial charge is 0.491 e. The number of rotatable bonds is 9. The number of ether oxygens (including phenoxy) is 1. The summed E-state index contributed by atoms with van der Waals surface area (Å²) in [4.78, 5) is 2.30. The molecule has 0 aliphatic rings. The number of aromatic nitrogens is 1. The van der Waals surface area contributed by atoms with Gasteiger partial charge in [-0.1, -0.05) is 18.5 Å². The molecule has 5 heteroatoms. The molecule has 0 aliphatic heterocycles. The van der Waals surface area contributed by atoms with E-state index in [1.54, 1.807) is 12.1 Å². The Labute approximate surface area is 149 Å². The fraction of sp³-hybridized carbons (Fsp3) is 0.474. The van der Waals surface area contributed by atoms with Crippen LogP contribution in [-0.4, -0.2) is 39.9 Å². The first-order valence-corrected chi connectivity index (χ1v) is 8.78. The average molecular weight is 351 g/mol. The van der Waals surface area contributed by atoms with Gasteiger partial charge < -0.3 is 14.4 Å². The van der Waals surface area contributed by atoms with Gasteiger partial charge in [-0.05, 0) is 49.7 Å². The molecule has 1 aromatic heterocycles. The van der Waals surface area contributed by atoms with Crippen LogP contribution in [0.5, 0.6) is 5.75 Å². The van der Waals surface area contributed by atoms with E-state index in [1.807, 2.05) is 31.4 Å². The van der Waals surface area contributed by atoms with Crippen molar-refractivity contribution in [3.05, 3.63) is 53.3 Å². The van der Waals surface area contributed by atoms with Gasteiger partial charge in [0.25, 0.3) is 0 Å². The van der Waals surface area contributed by atoms with Crippen LogP contribution in [0.4, 0.5) is 0 Å². The van der Waals surface area contributed by atoms with E-state index < -0.39 is 6.10 Å². The summed E-state index contributed by atoms with van der Waals surface area (Å²) in [6, 6.07) is 11.7. The minimum atomic E-state index is -0.546. The summed E-state index contributed by atoms with van der Waals surface area (Å²) in [5.74, 6) is 0.718. The Morgan fingerprint density at radius 3 is 2.54 bits per heavy atom. The highest BCUT2D eigenvalue weighted by Crippen LogP contribution is 2.16. The summed E-state index contributed by atoms with van der Waals surface area (Å²) in [7, 11) is 2.05. The lowest BCUT2D eigenvalue weighted by atomic mass is 10.2. The highest BCUT2D eigenvalue weighted by molar-refractivity contribution is 6.30.